The van der Waals surface area contributed by atoms with Crippen molar-refractivity contribution in [2.75, 3.05) is 0 Å². The van der Waals surface area contributed by atoms with Gasteiger partial charge in [0.2, 0.25) is 0 Å². The first-order valence-electron chi connectivity index (χ1n) is 7.05. The van der Waals surface area contributed by atoms with E-state index in [4.69, 9.17) is 0 Å². The first-order valence-corrected chi connectivity index (χ1v) is 7.05. The predicted octanol–water partition coefficient (Wildman–Crippen LogP) is 2.88. The SMILES string of the molecule is Cc1cn2cc(CCc3c[c]cn4ccnc34)ccc2n1. The Labute approximate surface area is 122 Å². The van der Waals surface area contributed by atoms with Crippen LogP contribution in [0.15, 0.2) is 49.2 Å². The van der Waals surface area contributed by atoms with Crippen molar-refractivity contribution < 1.29 is 0 Å². The average molecular weight is 275 g/mol. The first-order chi connectivity index (χ1) is 10.3. The fraction of sp³-hybridized carbons (Fsp3) is 0.176. The maximum Gasteiger partial charge on any atom is 0.139 e. The van der Waals surface area contributed by atoms with Crippen LogP contribution in [0.3, 0.4) is 0 Å². The Morgan fingerprint density at radius 2 is 2.10 bits per heavy atom. The summed E-state index contributed by atoms with van der Waals surface area (Å²) >= 11 is 0. The van der Waals surface area contributed by atoms with Crippen molar-refractivity contribution in [2.45, 2.75) is 19.8 Å². The Hall–Kier alpha value is -2.62. The summed E-state index contributed by atoms with van der Waals surface area (Å²) in [6, 6.07) is 9.42. The molecular weight excluding hydrogens is 260 g/mol. The van der Waals surface area contributed by atoms with E-state index < -0.39 is 0 Å². The molecule has 0 unspecified atom stereocenters. The van der Waals surface area contributed by atoms with E-state index in [1.54, 1.807) is 0 Å². The molecule has 21 heavy (non-hydrogen) atoms. The van der Waals surface area contributed by atoms with Gasteiger partial charge in [-0.1, -0.05) is 6.07 Å². The highest BCUT2D eigenvalue weighted by molar-refractivity contribution is 5.48. The molecule has 4 aromatic heterocycles. The monoisotopic (exact) mass is 275 g/mol. The van der Waals surface area contributed by atoms with Gasteiger partial charge >= 0.3 is 0 Å². The van der Waals surface area contributed by atoms with E-state index >= 15 is 0 Å². The highest BCUT2D eigenvalue weighted by Gasteiger charge is 2.04. The van der Waals surface area contributed by atoms with Crippen molar-refractivity contribution in [3.8, 4) is 0 Å². The predicted molar refractivity (Wildman–Crippen MR) is 81.4 cm³/mol. The minimum absolute atomic E-state index is 0.955. The highest BCUT2D eigenvalue weighted by atomic mass is 15.0. The number of aryl methyl sites for hydroxylation is 3. The van der Waals surface area contributed by atoms with E-state index in [0.717, 1.165) is 29.8 Å². The molecule has 0 amide bonds. The van der Waals surface area contributed by atoms with Crippen molar-refractivity contribution >= 4 is 11.3 Å². The van der Waals surface area contributed by atoms with Gasteiger partial charge in [-0.15, -0.1) is 0 Å². The zero-order valence-corrected chi connectivity index (χ0v) is 11.8. The molecule has 0 bridgehead atoms. The summed E-state index contributed by atoms with van der Waals surface area (Å²) in [6.07, 6.45) is 11.8. The molecule has 4 aromatic rings. The van der Waals surface area contributed by atoms with Gasteiger partial charge < -0.3 is 8.80 Å². The van der Waals surface area contributed by atoms with Gasteiger partial charge in [0.1, 0.15) is 11.3 Å². The molecule has 0 aliphatic rings. The molecule has 0 aliphatic carbocycles. The lowest BCUT2D eigenvalue weighted by Gasteiger charge is -2.04. The minimum atomic E-state index is 0.955. The van der Waals surface area contributed by atoms with Crippen LogP contribution in [0.5, 0.6) is 0 Å². The Balaban J connectivity index is 1.61. The van der Waals surface area contributed by atoms with Gasteiger partial charge in [0.15, 0.2) is 0 Å². The molecule has 4 nitrogen and oxygen atoms in total. The van der Waals surface area contributed by atoms with Gasteiger partial charge in [0.25, 0.3) is 0 Å². The molecule has 4 heterocycles. The van der Waals surface area contributed by atoms with Gasteiger partial charge in [-0.05, 0) is 43.0 Å². The van der Waals surface area contributed by atoms with Gasteiger partial charge in [-0.3, -0.25) is 0 Å². The van der Waals surface area contributed by atoms with E-state index in [-0.39, 0.29) is 0 Å². The van der Waals surface area contributed by atoms with Crippen LogP contribution in [0.25, 0.3) is 11.3 Å². The van der Waals surface area contributed by atoms with Crippen LogP contribution in [0.1, 0.15) is 16.8 Å². The Morgan fingerprint density at radius 1 is 1.14 bits per heavy atom. The van der Waals surface area contributed by atoms with Crippen molar-refractivity contribution in [1.82, 2.24) is 18.8 Å². The molecule has 0 atom stereocenters. The van der Waals surface area contributed by atoms with E-state index in [9.17, 15) is 0 Å². The maximum atomic E-state index is 4.45. The van der Waals surface area contributed by atoms with Gasteiger partial charge in [0.05, 0.1) is 5.69 Å². The summed E-state index contributed by atoms with van der Waals surface area (Å²) in [7, 11) is 0. The van der Waals surface area contributed by atoms with Crippen molar-refractivity contribution in [3.63, 3.8) is 0 Å². The molecule has 4 rings (SSSR count). The Morgan fingerprint density at radius 3 is 3.05 bits per heavy atom. The quantitative estimate of drug-likeness (QED) is 0.576. The second-order valence-corrected chi connectivity index (χ2v) is 5.31. The van der Waals surface area contributed by atoms with E-state index in [1.807, 2.05) is 36.0 Å². The molecule has 0 aliphatic heterocycles. The smallest absolute Gasteiger partial charge is 0.139 e. The topological polar surface area (TPSA) is 34.6 Å². The van der Waals surface area contributed by atoms with Crippen LogP contribution in [0, 0.1) is 13.0 Å². The zero-order chi connectivity index (χ0) is 14.2. The fourth-order valence-electron chi connectivity index (χ4n) is 2.72. The fourth-order valence-corrected chi connectivity index (χ4v) is 2.72. The third-order valence-electron chi connectivity index (χ3n) is 3.74. The molecule has 0 aromatic carbocycles. The third kappa shape index (κ3) is 2.18. The maximum absolute atomic E-state index is 4.45. The molecule has 1 radical (unpaired) electrons. The molecule has 0 N–H and O–H groups in total. The second-order valence-electron chi connectivity index (χ2n) is 5.31. The first kappa shape index (κ1) is 12.1. The van der Waals surface area contributed by atoms with Crippen molar-refractivity contribution in [1.29, 1.82) is 0 Å². The largest absolute Gasteiger partial charge is 0.307 e. The van der Waals surface area contributed by atoms with Crippen LogP contribution in [0.2, 0.25) is 0 Å². The van der Waals surface area contributed by atoms with Gasteiger partial charge in [-0.2, -0.15) is 0 Å². The molecule has 0 fully saturated rings. The molecule has 0 saturated carbocycles. The summed E-state index contributed by atoms with van der Waals surface area (Å²) in [6.45, 7) is 2.02. The normalized spacial score (nSPS) is 11.5. The van der Waals surface area contributed by atoms with Gasteiger partial charge in [-0.25, -0.2) is 9.97 Å². The Kier molecular flexibility index (Phi) is 2.74. The summed E-state index contributed by atoms with van der Waals surface area (Å²) < 4.78 is 4.10. The van der Waals surface area contributed by atoms with Gasteiger partial charge in [0, 0.05) is 37.1 Å². The van der Waals surface area contributed by atoms with Crippen molar-refractivity contribution in [3.05, 3.63) is 72.1 Å². The molecule has 0 saturated heterocycles. The summed E-state index contributed by atoms with van der Waals surface area (Å²) in [5, 5.41) is 0. The minimum Gasteiger partial charge on any atom is -0.307 e. The number of pyridine rings is 2. The molecule has 103 valence electrons. The van der Waals surface area contributed by atoms with Crippen LogP contribution < -0.4 is 0 Å². The number of aromatic nitrogens is 4. The summed E-state index contributed by atoms with van der Waals surface area (Å²) in [5.74, 6) is 0. The van der Waals surface area contributed by atoms with Crippen LogP contribution >= 0.6 is 0 Å². The highest BCUT2D eigenvalue weighted by Crippen LogP contribution is 2.13. The number of hydrogen-bond acceptors (Lipinski definition) is 2. The average Bonchev–Trinajstić information content (AvgIpc) is 3.09. The summed E-state index contributed by atoms with van der Waals surface area (Å²) in [4.78, 5) is 8.86. The van der Waals surface area contributed by atoms with Crippen LogP contribution in [-0.2, 0) is 12.8 Å². The lowest BCUT2D eigenvalue weighted by molar-refractivity contribution is 0.936. The molecule has 4 heteroatoms. The lowest BCUT2D eigenvalue weighted by Crippen LogP contribution is -1.97. The van der Waals surface area contributed by atoms with Crippen LogP contribution in [0.4, 0.5) is 0 Å². The second kappa shape index (κ2) is 4.74. The number of imidazole rings is 2. The third-order valence-corrected chi connectivity index (χ3v) is 3.74. The van der Waals surface area contributed by atoms with Crippen molar-refractivity contribution in [2.24, 2.45) is 0 Å². The van der Waals surface area contributed by atoms with E-state index in [2.05, 4.69) is 45.0 Å². The number of hydrogen-bond donors (Lipinski definition) is 0. The number of nitrogens with zero attached hydrogens (tertiary/aromatic N) is 4. The Bertz CT molecular complexity index is 917. The number of rotatable bonds is 3. The van der Waals surface area contributed by atoms with Crippen LogP contribution in [-0.4, -0.2) is 18.8 Å². The number of fused-ring (bicyclic) bond motifs is 2. The zero-order valence-electron chi connectivity index (χ0n) is 11.8. The molecule has 0 spiro atoms. The standard InChI is InChI=1S/C17H15N4/c1-13-11-21-12-14(5-7-16(21)19-13)4-6-15-3-2-9-20-10-8-18-17(15)20/h3,5,7-12H,4,6H2,1H3. The van der Waals surface area contributed by atoms with E-state index in [0.29, 0.717) is 0 Å². The van der Waals surface area contributed by atoms with E-state index in [1.165, 1.54) is 11.1 Å². The lowest BCUT2D eigenvalue weighted by atomic mass is 10.1. The molecular formula is C17H15N4. The summed E-state index contributed by atoms with van der Waals surface area (Å²) in [5.41, 5.74) is 5.59.